The molecular weight excluding hydrogens is 222 g/mol. The minimum atomic E-state index is -0.664. The van der Waals surface area contributed by atoms with Crippen LogP contribution in [0.15, 0.2) is 24.4 Å². The lowest BCUT2D eigenvalue weighted by Gasteiger charge is -2.16. The SMILES string of the molecule is CC(C)(C)OC(=O)n1nc([O-])[n+]2ccccc12. The molecule has 0 atom stereocenters. The quantitative estimate of drug-likeness (QED) is 0.622. The van der Waals surface area contributed by atoms with Gasteiger partial charge in [0, 0.05) is 11.2 Å². The number of hydrogen-bond donors (Lipinski definition) is 0. The Labute approximate surface area is 98.1 Å². The molecular formula is C11H13N3O3. The van der Waals surface area contributed by atoms with Gasteiger partial charge in [-0.25, -0.2) is 9.20 Å². The van der Waals surface area contributed by atoms with E-state index in [1.54, 1.807) is 45.2 Å². The van der Waals surface area contributed by atoms with Crippen molar-refractivity contribution in [2.75, 3.05) is 0 Å². The van der Waals surface area contributed by atoms with Gasteiger partial charge in [-0.1, -0.05) is 6.07 Å². The lowest BCUT2D eigenvalue weighted by molar-refractivity contribution is -0.586. The molecule has 6 nitrogen and oxygen atoms in total. The van der Waals surface area contributed by atoms with Crippen LogP contribution >= 0.6 is 0 Å². The molecule has 90 valence electrons. The highest BCUT2D eigenvalue weighted by molar-refractivity contribution is 5.73. The second-order valence-corrected chi connectivity index (χ2v) is 4.60. The third kappa shape index (κ3) is 2.20. The topological polar surface area (TPSA) is 71.3 Å². The number of aromatic nitrogens is 3. The molecule has 0 spiro atoms. The molecule has 0 aliphatic carbocycles. The number of nitrogens with zero attached hydrogens (tertiary/aromatic N) is 3. The molecule has 0 saturated carbocycles. The second kappa shape index (κ2) is 3.73. The van der Waals surface area contributed by atoms with Crippen LogP contribution in [-0.4, -0.2) is 21.5 Å². The average molecular weight is 235 g/mol. The highest BCUT2D eigenvalue weighted by Crippen LogP contribution is 2.10. The number of hydrogen-bond acceptors (Lipinski definition) is 4. The summed E-state index contributed by atoms with van der Waals surface area (Å²) in [6, 6.07) is 4.52. The maximum Gasteiger partial charge on any atom is 0.514 e. The van der Waals surface area contributed by atoms with Crippen molar-refractivity contribution < 1.29 is 19.0 Å². The highest BCUT2D eigenvalue weighted by Gasteiger charge is 2.26. The Morgan fingerprint density at radius 3 is 2.82 bits per heavy atom. The fourth-order valence-corrected chi connectivity index (χ4v) is 1.39. The summed E-state index contributed by atoms with van der Waals surface area (Å²) < 4.78 is 7.40. The molecule has 0 unspecified atom stereocenters. The summed E-state index contributed by atoms with van der Waals surface area (Å²) in [7, 11) is 0. The van der Waals surface area contributed by atoms with E-state index in [9.17, 15) is 9.90 Å². The van der Waals surface area contributed by atoms with Gasteiger partial charge in [0.2, 0.25) is 6.01 Å². The molecule has 0 aliphatic heterocycles. The van der Waals surface area contributed by atoms with Crippen LogP contribution in [0.5, 0.6) is 6.01 Å². The van der Waals surface area contributed by atoms with E-state index in [0.717, 1.165) is 4.68 Å². The maximum absolute atomic E-state index is 11.8. The first-order chi connectivity index (χ1) is 7.88. The summed E-state index contributed by atoms with van der Waals surface area (Å²) in [5.41, 5.74) is -0.246. The monoisotopic (exact) mass is 235 g/mol. The van der Waals surface area contributed by atoms with Crippen molar-refractivity contribution in [3.63, 3.8) is 0 Å². The molecule has 0 bridgehead atoms. The molecule has 2 aromatic heterocycles. The molecule has 0 saturated heterocycles. The normalized spacial score (nSPS) is 11.7. The van der Waals surface area contributed by atoms with E-state index < -0.39 is 17.7 Å². The van der Waals surface area contributed by atoms with Gasteiger partial charge in [0.15, 0.2) is 0 Å². The van der Waals surface area contributed by atoms with Gasteiger partial charge < -0.3 is 9.84 Å². The average Bonchev–Trinajstić information content (AvgIpc) is 2.55. The van der Waals surface area contributed by atoms with E-state index in [1.807, 2.05) is 0 Å². The van der Waals surface area contributed by atoms with E-state index >= 15 is 0 Å². The molecule has 0 radical (unpaired) electrons. The van der Waals surface area contributed by atoms with Crippen molar-refractivity contribution in [1.82, 2.24) is 9.78 Å². The van der Waals surface area contributed by atoms with Crippen LogP contribution in [0.4, 0.5) is 4.79 Å². The van der Waals surface area contributed by atoms with E-state index in [-0.39, 0.29) is 0 Å². The van der Waals surface area contributed by atoms with Crippen LogP contribution < -0.4 is 9.51 Å². The molecule has 2 aromatic rings. The number of rotatable bonds is 0. The van der Waals surface area contributed by atoms with Crippen molar-refractivity contribution in [2.24, 2.45) is 0 Å². The molecule has 0 fully saturated rings. The molecule has 17 heavy (non-hydrogen) atoms. The van der Waals surface area contributed by atoms with Gasteiger partial charge >= 0.3 is 6.09 Å². The fourth-order valence-electron chi connectivity index (χ4n) is 1.39. The van der Waals surface area contributed by atoms with E-state index in [4.69, 9.17) is 4.74 Å². The van der Waals surface area contributed by atoms with Gasteiger partial charge in [-0.05, 0) is 31.5 Å². The first-order valence-corrected chi connectivity index (χ1v) is 5.18. The minimum absolute atomic E-state index is 0.381. The fraction of sp³-hybridized carbons (Fsp3) is 0.364. The standard InChI is InChI=1S/C11H13N3O3/c1-11(2,3)17-10(16)14-8-6-4-5-7-13(8)9(15)12-14/h4-7H,1-3H3. The molecule has 0 aromatic carbocycles. The first-order valence-electron chi connectivity index (χ1n) is 5.18. The summed E-state index contributed by atoms with van der Waals surface area (Å²) in [5, 5.41) is 15.1. The predicted molar refractivity (Wildman–Crippen MR) is 56.5 cm³/mol. The van der Waals surface area contributed by atoms with Gasteiger partial charge in [-0.15, -0.1) is 0 Å². The van der Waals surface area contributed by atoms with Crippen molar-refractivity contribution in [3.05, 3.63) is 24.4 Å². The van der Waals surface area contributed by atoms with Crippen LogP contribution in [-0.2, 0) is 4.74 Å². The lowest BCUT2D eigenvalue weighted by Crippen LogP contribution is -2.29. The van der Waals surface area contributed by atoms with Crippen LogP contribution in [0.3, 0.4) is 0 Å². The molecule has 2 rings (SSSR count). The number of carbonyl (C=O) groups is 1. The summed E-state index contributed by atoms with van der Waals surface area (Å²) in [6.45, 7) is 5.26. The number of fused-ring (bicyclic) bond motifs is 1. The number of carbonyl (C=O) groups excluding carboxylic acids is 1. The van der Waals surface area contributed by atoms with Crippen LogP contribution in [0, 0.1) is 0 Å². The zero-order valence-corrected chi connectivity index (χ0v) is 9.88. The Morgan fingerprint density at radius 1 is 1.47 bits per heavy atom. The summed E-state index contributed by atoms with van der Waals surface area (Å²) in [6.07, 6.45) is 0.884. The van der Waals surface area contributed by atoms with Gasteiger partial charge in [0.05, 0.1) is 6.20 Å². The minimum Gasteiger partial charge on any atom is -0.817 e. The second-order valence-electron chi connectivity index (χ2n) is 4.60. The largest absolute Gasteiger partial charge is 0.817 e. The maximum atomic E-state index is 11.8. The smallest absolute Gasteiger partial charge is 0.514 e. The number of ether oxygens (including phenoxy) is 1. The molecule has 6 heteroatoms. The molecule has 0 aliphatic rings. The van der Waals surface area contributed by atoms with Crippen LogP contribution in [0.2, 0.25) is 0 Å². The summed E-state index contributed by atoms with van der Waals surface area (Å²) in [4.78, 5) is 11.8. The Balaban J connectivity index is 2.46. The van der Waals surface area contributed by atoms with Crippen molar-refractivity contribution in [3.8, 4) is 6.01 Å². The van der Waals surface area contributed by atoms with Gasteiger partial charge in [0.25, 0.3) is 5.65 Å². The zero-order chi connectivity index (χ0) is 12.6. The Hall–Kier alpha value is -2.11. The third-order valence-electron chi connectivity index (χ3n) is 2.01. The zero-order valence-electron chi connectivity index (χ0n) is 9.88. The predicted octanol–water partition coefficient (Wildman–Crippen LogP) is 0.479. The van der Waals surface area contributed by atoms with E-state index in [0.29, 0.717) is 5.65 Å². The molecule has 0 amide bonds. The molecule has 2 heterocycles. The van der Waals surface area contributed by atoms with E-state index in [2.05, 4.69) is 5.10 Å². The van der Waals surface area contributed by atoms with Crippen LogP contribution in [0.1, 0.15) is 20.8 Å². The van der Waals surface area contributed by atoms with Crippen molar-refractivity contribution in [2.45, 2.75) is 26.4 Å². The molecule has 0 N–H and O–H groups in total. The van der Waals surface area contributed by atoms with Crippen molar-refractivity contribution >= 4 is 11.7 Å². The summed E-state index contributed by atoms with van der Waals surface area (Å²) in [5.74, 6) is 0. The first kappa shape index (κ1) is 11.4. The lowest BCUT2D eigenvalue weighted by atomic mass is 10.2. The van der Waals surface area contributed by atoms with Crippen LogP contribution in [0.25, 0.3) is 5.65 Å². The van der Waals surface area contributed by atoms with Gasteiger partial charge in [0.1, 0.15) is 5.60 Å². The Bertz CT molecular complexity index is 569. The van der Waals surface area contributed by atoms with Gasteiger partial charge in [-0.2, -0.15) is 0 Å². The highest BCUT2D eigenvalue weighted by atomic mass is 16.6. The Kier molecular flexibility index (Phi) is 2.49. The van der Waals surface area contributed by atoms with E-state index in [1.165, 1.54) is 4.40 Å². The summed E-state index contributed by atoms with van der Waals surface area (Å²) >= 11 is 0. The van der Waals surface area contributed by atoms with Crippen molar-refractivity contribution in [1.29, 1.82) is 0 Å². The number of pyridine rings is 1. The van der Waals surface area contributed by atoms with Gasteiger partial charge in [-0.3, -0.25) is 0 Å². The third-order valence-corrected chi connectivity index (χ3v) is 2.01. The Morgan fingerprint density at radius 2 is 2.18 bits per heavy atom.